The standard InChI is InChI=1S/C18H27N3O2/c1-20-12-16(4-5-18(20)22)13-21-9-6-17(7-10-21)23-14-15-3-2-8-19-11-15/h2-3,8,11,16-17H,4-7,9-10,12-14H2,1H3. The maximum Gasteiger partial charge on any atom is 0.222 e. The summed E-state index contributed by atoms with van der Waals surface area (Å²) in [5.41, 5.74) is 1.14. The number of hydrogen-bond acceptors (Lipinski definition) is 4. The molecule has 2 saturated heterocycles. The number of piperidine rings is 2. The van der Waals surface area contributed by atoms with Crippen molar-refractivity contribution in [3.63, 3.8) is 0 Å². The minimum absolute atomic E-state index is 0.295. The molecule has 5 nitrogen and oxygen atoms in total. The van der Waals surface area contributed by atoms with E-state index >= 15 is 0 Å². The van der Waals surface area contributed by atoms with E-state index in [9.17, 15) is 4.79 Å². The molecule has 23 heavy (non-hydrogen) atoms. The number of hydrogen-bond donors (Lipinski definition) is 0. The van der Waals surface area contributed by atoms with E-state index < -0.39 is 0 Å². The molecule has 0 bridgehead atoms. The van der Waals surface area contributed by atoms with Crippen molar-refractivity contribution in [1.82, 2.24) is 14.8 Å². The van der Waals surface area contributed by atoms with Gasteiger partial charge in [-0.15, -0.1) is 0 Å². The molecule has 3 heterocycles. The smallest absolute Gasteiger partial charge is 0.222 e. The van der Waals surface area contributed by atoms with Crippen LogP contribution >= 0.6 is 0 Å². The first-order valence-electron chi connectivity index (χ1n) is 8.67. The molecular formula is C18H27N3O2. The summed E-state index contributed by atoms with van der Waals surface area (Å²) in [5.74, 6) is 0.925. The molecule has 1 unspecified atom stereocenters. The first kappa shape index (κ1) is 16.4. The van der Waals surface area contributed by atoms with Crippen molar-refractivity contribution < 1.29 is 9.53 Å². The number of carbonyl (C=O) groups excluding carboxylic acids is 1. The molecule has 0 spiro atoms. The van der Waals surface area contributed by atoms with Crippen molar-refractivity contribution in [2.75, 3.05) is 33.2 Å². The highest BCUT2D eigenvalue weighted by Crippen LogP contribution is 2.21. The lowest BCUT2D eigenvalue weighted by Gasteiger charge is -2.37. The van der Waals surface area contributed by atoms with Crippen LogP contribution in [0, 0.1) is 5.92 Å². The minimum atomic E-state index is 0.295. The van der Waals surface area contributed by atoms with Gasteiger partial charge in [-0.1, -0.05) is 6.07 Å². The second kappa shape index (κ2) is 7.88. The summed E-state index contributed by atoms with van der Waals surface area (Å²) in [6, 6.07) is 4.01. The lowest BCUT2D eigenvalue weighted by molar-refractivity contribution is -0.133. The second-order valence-electron chi connectivity index (χ2n) is 6.85. The van der Waals surface area contributed by atoms with Crippen LogP contribution in [-0.2, 0) is 16.1 Å². The van der Waals surface area contributed by atoms with E-state index in [4.69, 9.17) is 4.74 Å². The van der Waals surface area contributed by atoms with Gasteiger partial charge in [-0.25, -0.2) is 0 Å². The van der Waals surface area contributed by atoms with Gasteiger partial charge in [0.1, 0.15) is 0 Å². The van der Waals surface area contributed by atoms with E-state index in [1.165, 1.54) is 0 Å². The van der Waals surface area contributed by atoms with Gasteiger partial charge in [0.25, 0.3) is 0 Å². The van der Waals surface area contributed by atoms with Crippen molar-refractivity contribution >= 4 is 5.91 Å². The Morgan fingerprint density at radius 1 is 1.30 bits per heavy atom. The number of carbonyl (C=O) groups is 1. The average Bonchev–Trinajstić information content (AvgIpc) is 2.58. The summed E-state index contributed by atoms with van der Waals surface area (Å²) in [6.07, 6.45) is 7.98. The zero-order chi connectivity index (χ0) is 16.1. The zero-order valence-corrected chi connectivity index (χ0v) is 14.0. The Hall–Kier alpha value is -1.46. The fourth-order valence-electron chi connectivity index (χ4n) is 3.57. The Labute approximate surface area is 138 Å². The molecule has 0 saturated carbocycles. The predicted octanol–water partition coefficient (Wildman–Crippen LogP) is 1.93. The second-order valence-corrected chi connectivity index (χ2v) is 6.85. The fraction of sp³-hybridized carbons (Fsp3) is 0.667. The van der Waals surface area contributed by atoms with Crippen LogP contribution in [0.2, 0.25) is 0 Å². The van der Waals surface area contributed by atoms with Crippen LogP contribution in [0.1, 0.15) is 31.2 Å². The van der Waals surface area contributed by atoms with E-state index in [2.05, 4.69) is 16.0 Å². The molecule has 0 N–H and O–H groups in total. The molecule has 1 aromatic rings. The van der Waals surface area contributed by atoms with E-state index in [0.29, 0.717) is 31.0 Å². The average molecular weight is 317 g/mol. The van der Waals surface area contributed by atoms with Gasteiger partial charge in [-0.05, 0) is 36.8 Å². The Kier molecular flexibility index (Phi) is 5.62. The molecule has 3 rings (SSSR count). The summed E-state index contributed by atoms with van der Waals surface area (Å²) in [6.45, 7) is 4.90. The maximum absolute atomic E-state index is 11.6. The van der Waals surface area contributed by atoms with Crippen molar-refractivity contribution in [3.05, 3.63) is 30.1 Å². The highest BCUT2D eigenvalue weighted by molar-refractivity contribution is 5.76. The third-order valence-electron chi connectivity index (χ3n) is 4.98. The monoisotopic (exact) mass is 317 g/mol. The lowest BCUT2D eigenvalue weighted by atomic mass is 9.96. The van der Waals surface area contributed by atoms with Crippen molar-refractivity contribution in [3.8, 4) is 0 Å². The van der Waals surface area contributed by atoms with E-state index in [-0.39, 0.29) is 0 Å². The van der Waals surface area contributed by atoms with Gasteiger partial charge >= 0.3 is 0 Å². The molecular weight excluding hydrogens is 290 g/mol. The van der Waals surface area contributed by atoms with Crippen molar-refractivity contribution in [2.24, 2.45) is 5.92 Å². The van der Waals surface area contributed by atoms with Crippen LogP contribution in [0.3, 0.4) is 0 Å². The van der Waals surface area contributed by atoms with Crippen LogP contribution in [0.15, 0.2) is 24.5 Å². The molecule has 2 fully saturated rings. The summed E-state index contributed by atoms with van der Waals surface area (Å²) in [4.78, 5) is 20.1. The molecule has 1 atom stereocenters. The number of nitrogens with zero attached hydrogens (tertiary/aromatic N) is 3. The maximum atomic E-state index is 11.6. The number of rotatable bonds is 5. The molecule has 2 aliphatic heterocycles. The first-order valence-corrected chi connectivity index (χ1v) is 8.67. The first-order chi connectivity index (χ1) is 11.2. The highest BCUT2D eigenvalue weighted by atomic mass is 16.5. The summed E-state index contributed by atoms with van der Waals surface area (Å²) < 4.78 is 6.02. The van der Waals surface area contributed by atoms with Crippen LogP contribution < -0.4 is 0 Å². The van der Waals surface area contributed by atoms with Gasteiger partial charge in [0, 0.05) is 52.0 Å². The van der Waals surface area contributed by atoms with Gasteiger partial charge in [0.05, 0.1) is 12.7 Å². The van der Waals surface area contributed by atoms with Gasteiger partial charge in [0.15, 0.2) is 0 Å². The normalized spacial score (nSPS) is 24.1. The van der Waals surface area contributed by atoms with Crippen LogP contribution in [-0.4, -0.2) is 60.0 Å². The number of ether oxygens (including phenoxy) is 1. The third kappa shape index (κ3) is 4.75. The quantitative estimate of drug-likeness (QED) is 0.832. The van der Waals surface area contributed by atoms with Gasteiger partial charge in [0.2, 0.25) is 5.91 Å². The van der Waals surface area contributed by atoms with E-state index in [0.717, 1.165) is 51.0 Å². The van der Waals surface area contributed by atoms with Crippen molar-refractivity contribution in [2.45, 2.75) is 38.4 Å². The molecule has 2 aliphatic rings. The van der Waals surface area contributed by atoms with Gasteiger partial charge in [-0.3, -0.25) is 9.78 Å². The molecule has 0 radical (unpaired) electrons. The molecule has 0 aliphatic carbocycles. The number of pyridine rings is 1. The molecule has 0 aromatic carbocycles. The molecule has 1 amide bonds. The van der Waals surface area contributed by atoms with Gasteiger partial charge in [-0.2, -0.15) is 0 Å². The molecule has 126 valence electrons. The Morgan fingerprint density at radius 2 is 2.13 bits per heavy atom. The Bertz CT molecular complexity index is 500. The largest absolute Gasteiger partial charge is 0.373 e. The number of likely N-dealkylation sites (tertiary alicyclic amines) is 2. The van der Waals surface area contributed by atoms with Crippen LogP contribution in [0.5, 0.6) is 0 Å². The number of aromatic nitrogens is 1. The van der Waals surface area contributed by atoms with E-state index in [1.807, 2.05) is 24.2 Å². The zero-order valence-electron chi connectivity index (χ0n) is 14.0. The SMILES string of the molecule is CN1CC(CN2CCC(OCc3cccnc3)CC2)CCC1=O. The Morgan fingerprint density at radius 3 is 2.83 bits per heavy atom. The third-order valence-corrected chi connectivity index (χ3v) is 4.98. The number of amides is 1. The predicted molar refractivity (Wildman–Crippen MR) is 88.8 cm³/mol. The molecule has 5 heteroatoms. The summed E-state index contributed by atoms with van der Waals surface area (Å²) in [5, 5.41) is 0. The van der Waals surface area contributed by atoms with Crippen LogP contribution in [0.4, 0.5) is 0 Å². The lowest BCUT2D eigenvalue weighted by Crippen LogP contribution is -2.45. The van der Waals surface area contributed by atoms with Crippen LogP contribution in [0.25, 0.3) is 0 Å². The van der Waals surface area contributed by atoms with Crippen molar-refractivity contribution in [1.29, 1.82) is 0 Å². The van der Waals surface area contributed by atoms with Gasteiger partial charge < -0.3 is 14.5 Å². The fourth-order valence-corrected chi connectivity index (χ4v) is 3.57. The Balaban J connectivity index is 1.36. The topological polar surface area (TPSA) is 45.7 Å². The minimum Gasteiger partial charge on any atom is -0.373 e. The summed E-state index contributed by atoms with van der Waals surface area (Å²) >= 11 is 0. The summed E-state index contributed by atoms with van der Waals surface area (Å²) in [7, 11) is 1.92. The molecule has 1 aromatic heterocycles. The van der Waals surface area contributed by atoms with E-state index in [1.54, 1.807) is 6.20 Å². The highest BCUT2D eigenvalue weighted by Gasteiger charge is 2.26.